The van der Waals surface area contributed by atoms with Crippen LogP contribution in [0.15, 0.2) is 84.2 Å². The van der Waals surface area contributed by atoms with E-state index in [1.54, 1.807) is 23.0 Å². The van der Waals surface area contributed by atoms with E-state index in [0.29, 0.717) is 28.6 Å². The zero-order valence-corrected chi connectivity index (χ0v) is 15.4. The highest BCUT2D eigenvalue weighted by Gasteiger charge is 2.32. The van der Waals surface area contributed by atoms with Crippen molar-refractivity contribution in [2.45, 2.75) is 6.54 Å². The Labute approximate surface area is 166 Å². The van der Waals surface area contributed by atoms with E-state index in [9.17, 15) is 9.59 Å². The Morgan fingerprint density at radius 2 is 1.55 bits per heavy atom. The van der Waals surface area contributed by atoms with E-state index in [-0.39, 0.29) is 0 Å². The molecule has 29 heavy (non-hydrogen) atoms. The van der Waals surface area contributed by atoms with Gasteiger partial charge in [0.2, 0.25) is 0 Å². The monoisotopic (exact) mass is 380 g/mol. The molecule has 3 aromatic carbocycles. The van der Waals surface area contributed by atoms with Crippen LogP contribution in [0.3, 0.4) is 0 Å². The first-order valence-corrected chi connectivity index (χ1v) is 9.21. The predicted octanol–water partition coefficient (Wildman–Crippen LogP) is 3.71. The van der Waals surface area contributed by atoms with Crippen LogP contribution < -0.4 is 0 Å². The summed E-state index contributed by atoms with van der Waals surface area (Å²) in [4.78, 5) is 25.7. The molecular formula is C23H16N4O2. The number of benzene rings is 3. The fourth-order valence-electron chi connectivity index (χ4n) is 3.55. The van der Waals surface area contributed by atoms with Crippen LogP contribution in [0, 0.1) is 0 Å². The Balaban J connectivity index is 1.42. The summed E-state index contributed by atoms with van der Waals surface area (Å²) >= 11 is 0. The molecule has 0 N–H and O–H groups in total. The van der Waals surface area contributed by atoms with Crippen molar-refractivity contribution in [2.75, 3.05) is 0 Å². The average Bonchev–Trinajstić information content (AvgIpc) is 3.20. The van der Waals surface area contributed by atoms with E-state index in [0.717, 1.165) is 16.0 Å². The number of hydrazone groups is 1. The molecule has 0 unspecified atom stereocenters. The second kappa shape index (κ2) is 6.83. The normalized spacial score (nSPS) is 13.6. The molecule has 5 rings (SSSR count). The molecule has 0 fully saturated rings. The second-order valence-corrected chi connectivity index (χ2v) is 6.83. The van der Waals surface area contributed by atoms with Crippen molar-refractivity contribution in [1.29, 1.82) is 0 Å². The number of carbonyl (C=O) groups is 2. The van der Waals surface area contributed by atoms with Gasteiger partial charge in [0, 0.05) is 17.1 Å². The van der Waals surface area contributed by atoms with Gasteiger partial charge in [-0.15, -0.1) is 0 Å². The summed E-state index contributed by atoms with van der Waals surface area (Å²) in [5.41, 5.74) is 2.80. The Morgan fingerprint density at radius 3 is 2.24 bits per heavy atom. The maximum atomic E-state index is 12.9. The van der Waals surface area contributed by atoms with Gasteiger partial charge in [-0.05, 0) is 23.1 Å². The number of aromatic nitrogens is 2. The number of amides is 2. The quantitative estimate of drug-likeness (QED) is 0.400. The number of hydrogen-bond donors (Lipinski definition) is 0. The van der Waals surface area contributed by atoms with Crippen molar-refractivity contribution in [3.05, 3.63) is 101 Å². The second-order valence-electron chi connectivity index (χ2n) is 6.83. The minimum atomic E-state index is -0.424. The van der Waals surface area contributed by atoms with Crippen LogP contribution >= 0.6 is 0 Å². The number of rotatable bonds is 4. The molecule has 6 nitrogen and oxygen atoms in total. The Morgan fingerprint density at radius 1 is 0.862 bits per heavy atom. The maximum absolute atomic E-state index is 12.9. The van der Waals surface area contributed by atoms with Crippen LogP contribution in [0.1, 0.15) is 31.8 Å². The number of hydrogen-bond acceptors (Lipinski definition) is 4. The van der Waals surface area contributed by atoms with Gasteiger partial charge in [0.05, 0.1) is 30.1 Å². The van der Waals surface area contributed by atoms with Gasteiger partial charge >= 0.3 is 0 Å². The summed E-state index contributed by atoms with van der Waals surface area (Å²) in [5, 5.41) is 11.0. The first kappa shape index (κ1) is 17.1. The topological polar surface area (TPSA) is 67.6 Å². The predicted molar refractivity (Wildman–Crippen MR) is 110 cm³/mol. The van der Waals surface area contributed by atoms with Crippen LogP contribution in [0.4, 0.5) is 0 Å². The number of nitrogens with zero attached hydrogens (tertiary/aromatic N) is 4. The van der Waals surface area contributed by atoms with Crippen LogP contribution in [0.25, 0.3) is 10.8 Å². The van der Waals surface area contributed by atoms with Crippen molar-refractivity contribution in [3.63, 3.8) is 0 Å². The molecule has 0 atom stereocenters. The highest BCUT2D eigenvalue weighted by molar-refractivity contribution is 6.25. The first-order chi connectivity index (χ1) is 14.2. The third-order valence-electron chi connectivity index (χ3n) is 4.91. The van der Waals surface area contributed by atoms with Crippen molar-refractivity contribution in [3.8, 4) is 0 Å². The zero-order chi connectivity index (χ0) is 19.8. The molecule has 140 valence electrons. The molecule has 0 saturated carbocycles. The van der Waals surface area contributed by atoms with Crippen LogP contribution in [-0.2, 0) is 6.54 Å². The minimum absolute atomic E-state index is 0.424. The molecule has 0 saturated heterocycles. The van der Waals surface area contributed by atoms with Crippen LogP contribution in [-0.4, -0.2) is 32.8 Å². The fraction of sp³-hybridized carbons (Fsp3) is 0.0435. The summed E-state index contributed by atoms with van der Waals surface area (Å²) in [6.45, 7) is 0.631. The van der Waals surface area contributed by atoms with E-state index in [4.69, 9.17) is 0 Å². The molecule has 1 aromatic heterocycles. The lowest BCUT2D eigenvalue weighted by molar-refractivity contribution is 0.0616. The zero-order valence-electron chi connectivity index (χ0n) is 15.4. The molecular weight excluding hydrogens is 364 g/mol. The SMILES string of the molecule is O=C1c2cccc3cccc(c23)C(=O)N1/N=C\c1cnn(Cc2ccccc2)c1. The third-order valence-corrected chi connectivity index (χ3v) is 4.91. The maximum Gasteiger partial charge on any atom is 0.282 e. The van der Waals surface area contributed by atoms with E-state index >= 15 is 0 Å². The van der Waals surface area contributed by atoms with Gasteiger partial charge in [0.15, 0.2) is 0 Å². The molecule has 6 heteroatoms. The van der Waals surface area contributed by atoms with Crippen molar-refractivity contribution in [1.82, 2.24) is 14.8 Å². The van der Waals surface area contributed by atoms with Crippen molar-refractivity contribution in [2.24, 2.45) is 5.10 Å². The number of imide groups is 1. The van der Waals surface area contributed by atoms with Gasteiger partial charge in [0.25, 0.3) is 11.8 Å². The standard InChI is InChI=1S/C23H16N4O2/c28-22-19-10-4-8-18-9-5-11-20(21(18)19)23(29)27(22)25-13-17-12-24-26(15-17)14-16-6-2-1-3-7-16/h1-13,15H,14H2/b25-13-. The van der Waals surface area contributed by atoms with E-state index in [1.807, 2.05) is 60.8 Å². The van der Waals surface area contributed by atoms with Crippen LogP contribution in [0.2, 0.25) is 0 Å². The Hall–Kier alpha value is -4.06. The molecule has 4 aromatic rings. The van der Waals surface area contributed by atoms with Gasteiger partial charge in [-0.3, -0.25) is 14.3 Å². The smallest absolute Gasteiger partial charge is 0.268 e. The Bertz CT molecular complexity index is 1220. The minimum Gasteiger partial charge on any atom is -0.268 e. The summed E-state index contributed by atoms with van der Waals surface area (Å²) in [5.74, 6) is -0.848. The summed E-state index contributed by atoms with van der Waals surface area (Å²) in [6, 6.07) is 20.8. The lowest BCUT2D eigenvalue weighted by atomic mass is 9.95. The summed E-state index contributed by atoms with van der Waals surface area (Å²) < 4.78 is 1.78. The van der Waals surface area contributed by atoms with Crippen LogP contribution in [0.5, 0.6) is 0 Å². The molecule has 0 bridgehead atoms. The van der Waals surface area contributed by atoms with Gasteiger partial charge in [-0.25, -0.2) is 0 Å². The lowest BCUT2D eigenvalue weighted by Gasteiger charge is -2.22. The fourth-order valence-corrected chi connectivity index (χ4v) is 3.55. The summed E-state index contributed by atoms with van der Waals surface area (Å²) in [6.07, 6.45) is 4.96. The van der Waals surface area contributed by atoms with Gasteiger partial charge in [-0.2, -0.15) is 15.2 Å². The largest absolute Gasteiger partial charge is 0.282 e. The molecule has 2 heterocycles. The first-order valence-electron chi connectivity index (χ1n) is 9.21. The average molecular weight is 380 g/mol. The molecule has 2 amide bonds. The van der Waals surface area contributed by atoms with E-state index in [2.05, 4.69) is 10.2 Å². The Kier molecular flexibility index (Phi) is 4.02. The highest BCUT2D eigenvalue weighted by atomic mass is 16.2. The molecule has 0 radical (unpaired) electrons. The molecule has 1 aliphatic heterocycles. The molecule has 0 aliphatic carbocycles. The summed E-state index contributed by atoms with van der Waals surface area (Å²) in [7, 11) is 0. The van der Waals surface area contributed by atoms with E-state index in [1.165, 1.54) is 6.21 Å². The molecule has 1 aliphatic rings. The lowest BCUT2D eigenvalue weighted by Crippen LogP contribution is -2.36. The number of carbonyl (C=O) groups excluding carboxylic acids is 2. The van der Waals surface area contributed by atoms with Crippen molar-refractivity contribution >= 4 is 28.8 Å². The molecule has 0 spiro atoms. The van der Waals surface area contributed by atoms with Gasteiger partial charge < -0.3 is 0 Å². The third kappa shape index (κ3) is 3.00. The highest BCUT2D eigenvalue weighted by Crippen LogP contribution is 2.29. The van der Waals surface area contributed by atoms with Gasteiger partial charge in [0.1, 0.15) is 0 Å². The van der Waals surface area contributed by atoms with E-state index < -0.39 is 11.8 Å². The van der Waals surface area contributed by atoms with Gasteiger partial charge in [-0.1, -0.05) is 54.6 Å². The van der Waals surface area contributed by atoms with Crippen molar-refractivity contribution < 1.29 is 9.59 Å².